The third-order valence-corrected chi connectivity index (χ3v) is 4.20. The predicted octanol–water partition coefficient (Wildman–Crippen LogP) is 2.76. The first-order valence-corrected chi connectivity index (χ1v) is 8.71. The number of benzene rings is 1. The van der Waals surface area contributed by atoms with Crippen LogP contribution in [0.4, 0.5) is 4.79 Å². The predicted molar refractivity (Wildman–Crippen MR) is 95.1 cm³/mol. The lowest BCUT2D eigenvalue weighted by molar-refractivity contribution is 0.0955. The number of aromatic nitrogens is 1. The molecule has 0 aliphatic heterocycles. The first kappa shape index (κ1) is 17.9. The average molecular weight is 346 g/mol. The third-order valence-electron chi connectivity index (χ3n) is 3.41. The topological polar surface area (TPSA) is 83.1 Å². The number of urea groups is 1. The van der Waals surface area contributed by atoms with E-state index in [0.717, 1.165) is 16.3 Å². The van der Waals surface area contributed by atoms with Gasteiger partial charge in [0.25, 0.3) is 5.91 Å². The normalized spacial score (nSPS) is 11.6. The largest absolute Gasteiger partial charge is 0.352 e. The maximum atomic E-state index is 12.0. The van der Waals surface area contributed by atoms with E-state index in [2.05, 4.69) is 20.9 Å². The molecule has 1 heterocycles. The Morgan fingerprint density at radius 2 is 2.08 bits per heavy atom. The molecule has 1 aromatic carbocycles. The van der Waals surface area contributed by atoms with Crippen molar-refractivity contribution < 1.29 is 9.59 Å². The summed E-state index contributed by atoms with van der Waals surface area (Å²) in [6.07, 6.45) is 0. The lowest BCUT2D eigenvalue weighted by Gasteiger charge is -2.13. The molecular formula is C17H22N4O2S. The van der Waals surface area contributed by atoms with Crippen LogP contribution in [0.1, 0.15) is 46.5 Å². The summed E-state index contributed by atoms with van der Waals surface area (Å²) in [6, 6.07) is 6.78. The van der Waals surface area contributed by atoms with Gasteiger partial charge in [-0.3, -0.25) is 4.79 Å². The highest BCUT2D eigenvalue weighted by Gasteiger charge is 2.12. The fourth-order valence-electron chi connectivity index (χ4n) is 2.17. The van der Waals surface area contributed by atoms with Crippen molar-refractivity contribution in [2.24, 2.45) is 0 Å². The van der Waals surface area contributed by atoms with Crippen molar-refractivity contribution in [1.29, 1.82) is 0 Å². The Hall–Kier alpha value is -2.41. The highest BCUT2D eigenvalue weighted by Crippen LogP contribution is 2.15. The van der Waals surface area contributed by atoms with Crippen LogP contribution >= 0.6 is 11.3 Å². The van der Waals surface area contributed by atoms with Gasteiger partial charge in [-0.05, 0) is 38.5 Å². The molecule has 0 aliphatic rings. The lowest BCUT2D eigenvalue weighted by atomic mass is 10.1. The maximum absolute atomic E-state index is 12.0. The van der Waals surface area contributed by atoms with Crippen molar-refractivity contribution >= 4 is 23.3 Å². The molecule has 0 unspecified atom stereocenters. The van der Waals surface area contributed by atoms with Gasteiger partial charge < -0.3 is 16.0 Å². The van der Waals surface area contributed by atoms with Crippen LogP contribution in [0, 0.1) is 6.92 Å². The number of hydrogen-bond donors (Lipinski definition) is 3. The molecule has 24 heavy (non-hydrogen) atoms. The highest BCUT2D eigenvalue weighted by atomic mass is 32.1. The van der Waals surface area contributed by atoms with E-state index in [4.69, 9.17) is 0 Å². The van der Waals surface area contributed by atoms with Crippen molar-refractivity contribution in [3.63, 3.8) is 0 Å². The van der Waals surface area contributed by atoms with Crippen molar-refractivity contribution in [1.82, 2.24) is 20.9 Å². The average Bonchev–Trinajstić information content (AvgIpc) is 3.00. The second-order valence-electron chi connectivity index (χ2n) is 5.40. The van der Waals surface area contributed by atoms with Crippen LogP contribution in [-0.4, -0.2) is 23.5 Å². The second-order valence-corrected chi connectivity index (χ2v) is 6.46. The summed E-state index contributed by atoms with van der Waals surface area (Å²) in [5, 5.41) is 11.3. The summed E-state index contributed by atoms with van der Waals surface area (Å²) in [7, 11) is 0. The number of nitrogens with zero attached hydrogens (tertiary/aromatic N) is 1. The zero-order valence-electron chi connectivity index (χ0n) is 14.1. The molecule has 1 atom stereocenters. The van der Waals surface area contributed by atoms with E-state index < -0.39 is 0 Å². The smallest absolute Gasteiger partial charge is 0.315 e. The molecule has 0 bridgehead atoms. The number of carbonyl (C=O) groups is 2. The van der Waals surface area contributed by atoms with Crippen LogP contribution in [0.25, 0.3) is 0 Å². The molecule has 0 radical (unpaired) electrons. The molecule has 0 aliphatic carbocycles. The van der Waals surface area contributed by atoms with Crippen molar-refractivity contribution in [2.75, 3.05) is 6.54 Å². The molecule has 1 aromatic heterocycles. The first-order valence-electron chi connectivity index (χ1n) is 7.83. The van der Waals surface area contributed by atoms with Gasteiger partial charge in [-0.15, -0.1) is 11.3 Å². The van der Waals surface area contributed by atoms with E-state index >= 15 is 0 Å². The Morgan fingerprint density at radius 3 is 2.75 bits per heavy atom. The number of amides is 3. The summed E-state index contributed by atoms with van der Waals surface area (Å²) in [5.74, 6) is -0.115. The van der Waals surface area contributed by atoms with Gasteiger partial charge >= 0.3 is 6.03 Å². The standard InChI is InChI=1S/C17H22N4O2S/c1-4-18-16(22)14-7-5-6-13(8-14)9-19-17(23)20-11(2)15-10-24-12(3)21-15/h5-8,10-11H,4,9H2,1-3H3,(H,18,22)(H2,19,20,23)/t11-/m0/s1. The number of aryl methyl sites for hydroxylation is 1. The number of rotatable bonds is 6. The molecule has 128 valence electrons. The SMILES string of the molecule is CCNC(=O)c1cccc(CNC(=O)N[C@@H](C)c2csc(C)n2)c1. The fraction of sp³-hybridized carbons (Fsp3) is 0.353. The van der Waals surface area contributed by atoms with Gasteiger partial charge in [-0.2, -0.15) is 0 Å². The van der Waals surface area contributed by atoms with Crippen LogP contribution in [-0.2, 0) is 6.54 Å². The molecule has 0 fully saturated rings. The van der Waals surface area contributed by atoms with E-state index in [-0.39, 0.29) is 18.0 Å². The van der Waals surface area contributed by atoms with Gasteiger partial charge in [0, 0.05) is 24.0 Å². The summed E-state index contributed by atoms with van der Waals surface area (Å²) in [4.78, 5) is 28.2. The van der Waals surface area contributed by atoms with Crippen LogP contribution in [0.5, 0.6) is 0 Å². The molecule has 7 heteroatoms. The molecular weight excluding hydrogens is 324 g/mol. The van der Waals surface area contributed by atoms with Crippen LogP contribution in [0.15, 0.2) is 29.6 Å². The van der Waals surface area contributed by atoms with E-state index in [1.807, 2.05) is 32.2 Å². The fourth-order valence-corrected chi connectivity index (χ4v) is 2.87. The molecule has 2 rings (SSSR count). The zero-order valence-corrected chi connectivity index (χ0v) is 14.9. The molecule has 0 saturated heterocycles. The van der Waals surface area contributed by atoms with Gasteiger partial charge in [0.2, 0.25) is 0 Å². The Morgan fingerprint density at radius 1 is 1.29 bits per heavy atom. The van der Waals surface area contributed by atoms with E-state index in [9.17, 15) is 9.59 Å². The third kappa shape index (κ3) is 5.06. The summed E-state index contributed by atoms with van der Waals surface area (Å²) < 4.78 is 0. The summed E-state index contributed by atoms with van der Waals surface area (Å²) >= 11 is 1.56. The van der Waals surface area contributed by atoms with Crippen LogP contribution in [0.3, 0.4) is 0 Å². The van der Waals surface area contributed by atoms with Crippen LogP contribution < -0.4 is 16.0 Å². The van der Waals surface area contributed by atoms with E-state index in [0.29, 0.717) is 18.7 Å². The van der Waals surface area contributed by atoms with Crippen molar-refractivity contribution in [2.45, 2.75) is 33.4 Å². The molecule has 0 saturated carbocycles. The van der Waals surface area contributed by atoms with E-state index in [1.165, 1.54) is 0 Å². The number of carbonyl (C=O) groups excluding carboxylic acids is 2. The minimum Gasteiger partial charge on any atom is -0.352 e. The van der Waals surface area contributed by atoms with Gasteiger partial charge in [-0.25, -0.2) is 9.78 Å². The zero-order chi connectivity index (χ0) is 17.5. The van der Waals surface area contributed by atoms with Gasteiger partial charge in [0.1, 0.15) is 0 Å². The molecule has 3 amide bonds. The highest BCUT2D eigenvalue weighted by molar-refractivity contribution is 7.09. The summed E-state index contributed by atoms with van der Waals surface area (Å²) in [6.45, 7) is 6.63. The molecule has 0 spiro atoms. The Balaban J connectivity index is 1.87. The molecule has 2 aromatic rings. The van der Waals surface area contributed by atoms with Gasteiger partial charge in [0.15, 0.2) is 0 Å². The first-order chi connectivity index (χ1) is 11.5. The monoisotopic (exact) mass is 346 g/mol. The quantitative estimate of drug-likeness (QED) is 0.752. The van der Waals surface area contributed by atoms with Gasteiger partial charge in [-0.1, -0.05) is 12.1 Å². The minimum absolute atomic E-state index is 0.115. The number of hydrogen-bond acceptors (Lipinski definition) is 4. The summed E-state index contributed by atoms with van der Waals surface area (Å²) in [5.41, 5.74) is 2.31. The van der Waals surface area contributed by atoms with E-state index in [1.54, 1.807) is 29.5 Å². The number of nitrogens with one attached hydrogen (secondary N) is 3. The second kappa shape index (κ2) is 8.44. The van der Waals surface area contributed by atoms with Crippen molar-refractivity contribution in [3.8, 4) is 0 Å². The van der Waals surface area contributed by atoms with Crippen LogP contribution in [0.2, 0.25) is 0 Å². The van der Waals surface area contributed by atoms with Crippen molar-refractivity contribution in [3.05, 3.63) is 51.5 Å². The van der Waals surface area contributed by atoms with Gasteiger partial charge in [0.05, 0.1) is 16.7 Å². The Kier molecular flexibility index (Phi) is 6.31. The molecule has 3 N–H and O–H groups in total. The maximum Gasteiger partial charge on any atom is 0.315 e. The Labute approximate surface area is 145 Å². The minimum atomic E-state index is -0.267. The number of thiazole rings is 1. The lowest BCUT2D eigenvalue weighted by Crippen LogP contribution is -2.36. The molecule has 6 nitrogen and oxygen atoms in total. The Bertz CT molecular complexity index is 714.